The van der Waals surface area contributed by atoms with Crippen molar-refractivity contribution in [2.24, 2.45) is 0 Å². The Labute approximate surface area is 177 Å². The minimum atomic E-state index is 0.810. The highest BCUT2D eigenvalue weighted by Gasteiger charge is 1.97. The van der Waals surface area contributed by atoms with Crippen LogP contribution in [0.5, 0.6) is 17.2 Å². The van der Waals surface area contributed by atoms with Crippen molar-refractivity contribution in [2.75, 3.05) is 21.3 Å². The summed E-state index contributed by atoms with van der Waals surface area (Å²) in [5.74, 6) is 2.48. The van der Waals surface area contributed by atoms with Gasteiger partial charge in [-0.3, -0.25) is 0 Å². The molecule has 0 saturated heterocycles. The third kappa shape index (κ3) is 12.3. The highest BCUT2D eigenvalue weighted by atomic mass is 16.5. The second-order valence-electron chi connectivity index (χ2n) is 6.15. The largest absolute Gasteiger partial charge is 0.497 e. The maximum absolute atomic E-state index is 5.68. The fourth-order valence-corrected chi connectivity index (χ4v) is 2.02. The first-order valence-electron chi connectivity index (χ1n) is 9.80. The van der Waals surface area contributed by atoms with Crippen molar-refractivity contribution in [3.05, 3.63) is 89.5 Å². The van der Waals surface area contributed by atoms with Crippen molar-refractivity contribution in [2.45, 2.75) is 34.6 Å². The van der Waals surface area contributed by atoms with Gasteiger partial charge in [-0.2, -0.15) is 0 Å². The van der Waals surface area contributed by atoms with Crippen LogP contribution >= 0.6 is 0 Å². The van der Waals surface area contributed by atoms with Crippen molar-refractivity contribution in [3.8, 4) is 17.2 Å². The van der Waals surface area contributed by atoms with Gasteiger partial charge in [-0.25, -0.2) is 0 Å². The Bertz CT molecular complexity index is 724. The molecule has 0 aromatic heterocycles. The highest BCUT2D eigenvalue weighted by molar-refractivity contribution is 5.36. The van der Waals surface area contributed by atoms with E-state index >= 15 is 0 Å². The molecule has 3 rings (SSSR count). The number of methoxy groups -OCH3 is 2. The Balaban J connectivity index is 0.000000505. The highest BCUT2D eigenvalue weighted by Crippen LogP contribution is 2.23. The Morgan fingerprint density at radius 1 is 0.448 bits per heavy atom. The molecule has 3 heteroatoms. The predicted molar refractivity (Wildman–Crippen MR) is 124 cm³/mol. The van der Waals surface area contributed by atoms with Gasteiger partial charge in [0, 0.05) is 14.2 Å². The van der Waals surface area contributed by atoms with Crippen LogP contribution in [0.4, 0.5) is 0 Å². The summed E-state index contributed by atoms with van der Waals surface area (Å²) >= 11 is 0. The summed E-state index contributed by atoms with van der Waals surface area (Å²) in [5.41, 5.74) is 3.88. The third-order valence-electron chi connectivity index (χ3n) is 3.53. The molecule has 0 N–H and O–H groups in total. The molecule has 0 aliphatic heterocycles. The summed E-state index contributed by atoms with van der Waals surface area (Å²) in [6.45, 7) is 10.2. The van der Waals surface area contributed by atoms with Gasteiger partial charge in [-0.15, -0.1) is 0 Å². The number of hydrogen-bond acceptors (Lipinski definition) is 3. The SMILES string of the molecule is CC.COC.COc1ccc(Oc2ccc(C)cc2)cc1.Cc1ccc(C)cc1. The van der Waals surface area contributed by atoms with E-state index < -0.39 is 0 Å². The molecule has 3 aromatic rings. The van der Waals surface area contributed by atoms with E-state index in [4.69, 9.17) is 9.47 Å². The predicted octanol–water partition coefficient (Wildman–Crippen LogP) is 7.39. The van der Waals surface area contributed by atoms with Crippen molar-refractivity contribution in [1.29, 1.82) is 0 Å². The minimum Gasteiger partial charge on any atom is -0.497 e. The van der Waals surface area contributed by atoms with E-state index in [2.05, 4.69) is 49.8 Å². The topological polar surface area (TPSA) is 27.7 Å². The number of aryl methyl sites for hydroxylation is 3. The molecule has 0 saturated carbocycles. The summed E-state index contributed by atoms with van der Waals surface area (Å²) in [7, 11) is 4.90. The molecule has 0 aliphatic rings. The number of hydrogen-bond donors (Lipinski definition) is 0. The maximum Gasteiger partial charge on any atom is 0.127 e. The van der Waals surface area contributed by atoms with Gasteiger partial charge in [0.25, 0.3) is 0 Å². The lowest BCUT2D eigenvalue weighted by Gasteiger charge is -2.06. The number of rotatable bonds is 3. The molecule has 0 heterocycles. The van der Waals surface area contributed by atoms with Crippen LogP contribution in [-0.4, -0.2) is 21.3 Å². The molecular formula is C26H36O3. The van der Waals surface area contributed by atoms with Gasteiger partial charge >= 0.3 is 0 Å². The zero-order chi connectivity index (χ0) is 22.1. The summed E-state index contributed by atoms with van der Waals surface area (Å²) < 4.78 is 15.0. The molecule has 29 heavy (non-hydrogen) atoms. The Morgan fingerprint density at radius 3 is 1.00 bits per heavy atom. The Morgan fingerprint density at radius 2 is 0.690 bits per heavy atom. The minimum absolute atomic E-state index is 0.810. The molecule has 0 amide bonds. The van der Waals surface area contributed by atoms with Gasteiger partial charge in [0.15, 0.2) is 0 Å². The van der Waals surface area contributed by atoms with Crippen LogP contribution in [0, 0.1) is 20.8 Å². The number of ether oxygens (including phenoxy) is 3. The lowest BCUT2D eigenvalue weighted by atomic mass is 10.2. The molecular weight excluding hydrogens is 360 g/mol. The van der Waals surface area contributed by atoms with Gasteiger partial charge in [0.2, 0.25) is 0 Å². The van der Waals surface area contributed by atoms with Gasteiger partial charge in [0.1, 0.15) is 17.2 Å². The summed E-state index contributed by atoms with van der Waals surface area (Å²) in [4.78, 5) is 0. The van der Waals surface area contributed by atoms with Crippen molar-refractivity contribution >= 4 is 0 Å². The molecule has 0 radical (unpaired) electrons. The van der Waals surface area contributed by atoms with Crippen LogP contribution in [0.25, 0.3) is 0 Å². The normalized spacial score (nSPS) is 8.83. The fraction of sp³-hybridized carbons (Fsp3) is 0.308. The van der Waals surface area contributed by atoms with E-state index in [-0.39, 0.29) is 0 Å². The summed E-state index contributed by atoms with van der Waals surface area (Å²) in [6, 6.07) is 24.0. The van der Waals surface area contributed by atoms with Crippen LogP contribution in [0.2, 0.25) is 0 Å². The van der Waals surface area contributed by atoms with Crippen LogP contribution < -0.4 is 9.47 Å². The van der Waals surface area contributed by atoms with Gasteiger partial charge < -0.3 is 14.2 Å². The molecule has 3 nitrogen and oxygen atoms in total. The molecule has 158 valence electrons. The standard InChI is InChI=1S/C14H14O2.C8H10.C2H6O.C2H6/c1-11-3-5-13(6-4-11)16-14-9-7-12(15-2)8-10-14;1-7-3-5-8(2)6-4-7;1-3-2;1-2/h3-10H,1-2H3;3-6H,1-2H3;1-2H3;1-2H3. The lowest BCUT2D eigenvalue weighted by Crippen LogP contribution is -1.85. The van der Waals surface area contributed by atoms with Crippen LogP contribution in [-0.2, 0) is 4.74 Å². The first-order chi connectivity index (χ1) is 14.0. The summed E-state index contributed by atoms with van der Waals surface area (Å²) in [6.07, 6.45) is 0. The molecule has 3 aromatic carbocycles. The molecule has 0 bridgehead atoms. The molecule has 0 spiro atoms. The van der Waals surface area contributed by atoms with E-state index in [1.165, 1.54) is 16.7 Å². The number of benzene rings is 3. The van der Waals surface area contributed by atoms with Gasteiger partial charge in [-0.1, -0.05) is 66.9 Å². The second-order valence-corrected chi connectivity index (χ2v) is 6.15. The molecule has 0 fully saturated rings. The van der Waals surface area contributed by atoms with Crippen LogP contribution in [0.1, 0.15) is 30.5 Å². The van der Waals surface area contributed by atoms with E-state index in [1.807, 2.05) is 62.4 Å². The fourth-order valence-electron chi connectivity index (χ4n) is 2.02. The van der Waals surface area contributed by atoms with Crippen LogP contribution in [0.15, 0.2) is 72.8 Å². The van der Waals surface area contributed by atoms with E-state index in [0.29, 0.717) is 0 Å². The second kappa shape index (κ2) is 16.2. The average molecular weight is 397 g/mol. The smallest absolute Gasteiger partial charge is 0.127 e. The first-order valence-corrected chi connectivity index (χ1v) is 9.80. The molecule has 0 atom stereocenters. The van der Waals surface area contributed by atoms with E-state index in [0.717, 1.165) is 17.2 Å². The molecule has 0 unspecified atom stereocenters. The quantitative estimate of drug-likeness (QED) is 0.462. The van der Waals surface area contributed by atoms with Crippen molar-refractivity contribution in [1.82, 2.24) is 0 Å². The molecule has 0 aliphatic carbocycles. The average Bonchev–Trinajstić information content (AvgIpc) is 2.75. The Hall–Kier alpha value is -2.78. The lowest BCUT2D eigenvalue weighted by molar-refractivity contribution is 0.277. The first kappa shape index (κ1) is 26.2. The zero-order valence-corrected chi connectivity index (χ0v) is 19.2. The van der Waals surface area contributed by atoms with E-state index in [9.17, 15) is 0 Å². The van der Waals surface area contributed by atoms with Gasteiger partial charge in [-0.05, 0) is 57.2 Å². The zero-order valence-electron chi connectivity index (χ0n) is 19.2. The Kier molecular flexibility index (Phi) is 14.6. The van der Waals surface area contributed by atoms with Gasteiger partial charge in [0.05, 0.1) is 7.11 Å². The van der Waals surface area contributed by atoms with Crippen molar-refractivity contribution in [3.63, 3.8) is 0 Å². The maximum atomic E-state index is 5.68. The van der Waals surface area contributed by atoms with Crippen LogP contribution in [0.3, 0.4) is 0 Å². The van der Waals surface area contributed by atoms with Crippen molar-refractivity contribution < 1.29 is 14.2 Å². The third-order valence-corrected chi connectivity index (χ3v) is 3.53. The summed E-state index contributed by atoms with van der Waals surface area (Å²) in [5, 5.41) is 0. The monoisotopic (exact) mass is 396 g/mol. The van der Waals surface area contributed by atoms with E-state index in [1.54, 1.807) is 21.3 Å².